The monoisotopic (exact) mass is 450 g/mol. The van der Waals surface area contributed by atoms with Gasteiger partial charge in [-0.1, -0.05) is 48.0 Å². The molecule has 4 nitrogen and oxygen atoms in total. The van der Waals surface area contributed by atoms with Crippen molar-refractivity contribution in [3.63, 3.8) is 0 Å². The molecule has 2 amide bonds. The number of anilines is 1. The molecule has 1 aliphatic rings. The fourth-order valence-corrected chi connectivity index (χ4v) is 4.88. The van der Waals surface area contributed by atoms with Crippen molar-refractivity contribution < 1.29 is 9.59 Å². The number of nitrogens with zero attached hydrogens (tertiary/aromatic N) is 1. The number of nitrogens with one attached hydrogen (secondary N) is 1. The first-order valence-corrected chi connectivity index (χ1v) is 11.5. The number of rotatable bonds is 5. The minimum atomic E-state index is -0.145. The Hall–Kier alpha value is -2.76. The van der Waals surface area contributed by atoms with Crippen molar-refractivity contribution in [1.82, 2.24) is 4.90 Å². The third-order valence-corrected chi connectivity index (χ3v) is 7.05. The van der Waals surface area contributed by atoms with Crippen LogP contribution in [0.2, 0.25) is 5.02 Å². The van der Waals surface area contributed by atoms with Gasteiger partial charge in [0.2, 0.25) is 5.91 Å². The van der Waals surface area contributed by atoms with E-state index in [1.807, 2.05) is 85.5 Å². The molecule has 0 bridgehead atoms. The highest BCUT2D eigenvalue weighted by atomic mass is 35.5. The van der Waals surface area contributed by atoms with E-state index in [0.29, 0.717) is 22.9 Å². The van der Waals surface area contributed by atoms with E-state index in [0.717, 1.165) is 27.9 Å². The molecule has 0 aromatic heterocycles. The van der Waals surface area contributed by atoms with Crippen LogP contribution in [0.5, 0.6) is 0 Å². The number of benzene rings is 3. The van der Waals surface area contributed by atoms with Gasteiger partial charge in [0.25, 0.3) is 5.91 Å². The fourth-order valence-electron chi connectivity index (χ4n) is 3.57. The minimum Gasteiger partial charge on any atom is -0.322 e. The highest BCUT2D eigenvalue weighted by Crippen LogP contribution is 2.39. The Morgan fingerprint density at radius 2 is 1.77 bits per heavy atom. The highest BCUT2D eigenvalue weighted by molar-refractivity contribution is 8.00. The number of amides is 2. The Kier molecular flexibility index (Phi) is 6.35. The first kappa shape index (κ1) is 21.5. The standard InChI is InChI=1S/C25H23ClN2O2S/c1-16-4-3-5-22(17(16)2)27-24(30)19-8-10-20(11-9-19)25-28(23(29)15-31-25)14-18-6-12-21(26)13-7-18/h3-13,25H,14-15H2,1-2H3,(H,27,30)/t25-/m1/s1. The summed E-state index contributed by atoms with van der Waals surface area (Å²) in [7, 11) is 0. The molecule has 6 heteroatoms. The van der Waals surface area contributed by atoms with Crippen LogP contribution in [0.4, 0.5) is 5.69 Å². The number of carbonyl (C=O) groups is 2. The Balaban J connectivity index is 1.48. The zero-order valence-electron chi connectivity index (χ0n) is 17.4. The maximum absolute atomic E-state index is 12.7. The first-order valence-electron chi connectivity index (χ1n) is 10.1. The van der Waals surface area contributed by atoms with Gasteiger partial charge in [0, 0.05) is 22.8 Å². The topological polar surface area (TPSA) is 49.4 Å². The van der Waals surface area contributed by atoms with Crippen LogP contribution >= 0.6 is 23.4 Å². The van der Waals surface area contributed by atoms with Crippen molar-refractivity contribution in [2.24, 2.45) is 0 Å². The fraction of sp³-hybridized carbons (Fsp3) is 0.200. The maximum Gasteiger partial charge on any atom is 0.255 e. The van der Waals surface area contributed by atoms with E-state index in [2.05, 4.69) is 5.32 Å². The smallest absolute Gasteiger partial charge is 0.255 e. The van der Waals surface area contributed by atoms with Crippen LogP contribution in [0.25, 0.3) is 0 Å². The summed E-state index contributed by atoms with van der Waals surface area (Å²) in [6, 6.07) is 20.9. The van der Waals surface area contributed by atoms with Gasteiger partial charge in [-0.15, -0.1) is 11.8 Å². The molecule has 0 aliphatic carbocycles. The molecule has 1 aliphatic heterocycles. The summed E-state index contributed by atoms with van der Waals surface area (Å²) in [5.41, 5.74) is 5.65. The number of hydrogen-bond acceptors (Lipinski definition) is 3. The molecular weight excluding hydrogens is 428 g/mol. The summed E-state index contributed by atoms with van der Waals surface area (Å²) in [4.78, 5) is 27.1. The molecule has 158 valence electrons. The van der Waals surface area contributed by atoms with Crippen LogP contribution in [0, 0.1) is 13.8 Å². The lowest BCUT2D eigenvalue weighted by Gasteiger charge is -2.24. The summed E-state index contributed by atoms with van der Waals surface area (Å²) in [6.45, 7) is 4.55. The average molecular weight is 451 g/mol. The van der Waals surface area contributed by atoms with Gasteiger partial charge < -0.3 is 10.2 Å². The summed E-state index contributed by atoms with van der Waals surface area (Å²) >= 11 is 7.58. The van der Waals surface area contributed by atoms with E-state index >= 15 is 0 Å². The molecule has 1 N–H and O–H groups in total. The van der Waals surface area contributed by atoms with Crippen molar-refractivity contribution in [1.29, 1.82) is 0 Å². The maximum atomic E-state index is 12.7. The predicted molar refractivity (Wildman–Crippen MR) is 128 cm³/mol. The number of aryl methyl sites for hydroxylation is 1. The van der Waals surface area contributed by atoms with Crippen molar-refractivity contribution in [3.8, 4) is 0 Å². The van der Waals surface area contributed by atoms with Crippen molar-refractivity contribution in [3.05, 3.63) is 99.6 Å². The molecule has 0 saturated carbocycles. The number of hydrogen-bond donors (Lipinski definition) is 1. The van der Waals surface area contributed by atoms with E-state index < -0.39 is 0 Å². The van der Waals surface area contributed by atoms with Crippen LogP contribution in [0.1, 0.15) is 38.0 Å². The van der Waals surface area contributed by atoms with Crippen LogP contribution in [-0.2, 0) is 11.3 Å². The van der Waals surface area contributed by atoms with E-state index in [9.17, 15) is 9.59 Å². The molecule has 1 fully saturated rings. The lowest BCUT2D eigenvalue weighted by atomic mass is 10.1. The number of halogens is 1. The molecule has 0 spiro atoms. The van der Waals surface area contributed by atoms with Crippen molar-refractivity contribution in [2.45, 2.75) is 25.8 Å². The molecule has 3 aromatic carbocycles. The van der Waals surface area contributed by atoms with Gasteiger partial charge in [-0.25, -0.2) is 0 Å². The second-order valence-electron chi connectivity index (χ2n) is 7.64. The zero-order chi connectivity index (χ0) is 22.0. The Morgan fingerprint density at radius 1 is 1.06 bits per heavy atom. The Bertz CT molecular complexity index is 1110. The van der Waals surface area contributed by atoms with E-state index in [1.54, 1.807) is 11.8 Å². The lowest BCUT2D eigenvalue weighted by Crippen LogP contribution is -2.27. The Morgan fingerprint density at radius 3 is 2.48 bits per heavy atom. The van der Waals surface area contributed by atoms with E-state index in [-0.39, 0.29) is 17.2 Å². The van der Waals surface area contributed by atoms with Crippen LogP contribution in [0.3, 0.4) is 0 Å². The van der Waals surface area contributed by atoms with Gasteiger partial charge in [-0.3, -0.25) is 9.59 Å². The molecule has 1 saturated heterocycles. The summed E-state index contributed by atoms with van der Waals surface area (Å²) in [5.74, 6) is 0.419. The molecule has 1 heterocycles. The highest BCUT2D eigenvalue weighted by Gasteiger charge is 2.32. The quantitative estimate of drug-likeness (QED) is 0.519. The molecule has 1 atom stereocenters. The molecule has 0 unspecified atom stereocenters. The largest absolute Gasteiger partial charge is 0.322 e. The van der Waals surface area contributed by atoms with Gasteiger partial charge >= 0.3 is 0 Å². The van der Waals surface area contributed by atoms with Gasteiger partial charge in [-0.05, 0) is 66.4 Å². The van der Waals surface area contributed by atoms with Crippen molar-refractivity contribution in [2.75, 3.05) is 11.1 Å². The average Bonchev–Trinajstić information content (AvgIpc) is 3.13. The van der Waals surface area contributed by atoms with Gasteiger partial charge in [0.1, 0.15) is 5.37 Å². The molecule has 0 radical (unpaired) electrons. The summed E-state index contributed by atoms with van der Waals surface area (Å²) in [5, 5.41) is 3.60. The molecule has 3 aromatic rings. The zero-order valence-corrected chi connectivity index (χ0v) is 19.0. The SMILES string of the molecule is Cc1cccc(NC(=O)c2ccc([C@H]3SCC(=O)N3Cc3ccc(Cl)cc3)cc2)c1C. The van der Waals surface area contributed by atoms with Gasteiger partial charge in [-0.2, -0.15) is 0 Å². The van der Waals surface area contributed by atoms with Crippen molar-refractivity contribution >= 4 is 40.9 Å². The molecular formula is C25H23ClN2O2S. The van der Waals surface area contributed by atoms with Gasteiger partial charge in [0.05, 0.1) is 5.75 Å². The van der Waals surface area contributed by atoms with E-state index in [1.165, 1.54) is 0 Å². The first-order chi connectivity index (χ1) is 14.9. The van der Waals surface area contributed by atoms with Crippen LogP contribution in [-0.4, -0.2) is 22.5 Å². The lowest BCUT2D eigenvalue weighted by molar-refractivity contribution is -0.128. The molecule has 31 heavy (non-hydrogen) atoms. The third kappa shape index (κ3) is 4.78. The normalized spacial score (nSPS) is 15.9. The van der Waals surface area contributed by atoms with Crippen LogP contribution in [0.15, 0.2) is 66.7 Å². The second kappa shape index (κ2) is 9.16. The predicted octanol–water partition coefficient (Wildman–Crippen LogP) is 5.98. The van der Waals surface area contributed by atoms with Gasteiger partial charge in [0.15, 0.2) is 0 Å². The summed E-state index contributed by atoms with van der Waals surface area (Å²) < 4.78 is 0. The number of thioether (sulfide) groups is 1. The van der Waals surface area contributed by atoms with Crippen LogP contribution < -0.4 is 5.32 Å². The molecule has 4 rings (SSSR count). The third-order valence-electron chi connectivity index (χ3n) is 5.55. The number of carbonyl (C=O) groups excluding carboxylic acids is 2. The Labute approximate surface area is 191 Å². The van der Waals surface area contributed by atoms with E-state index in [4.69, 9.17) is 11.6 Å². The minimum absolute atomic E-state index is 0.0701. The summed E-state index contributed by atoms with van der Waals surface area (Å²) in [6.07, 6.45) is 0. The second-order valence-corrected chi connectivity index (χ2v) is 9.14.